The van der Waals surface area contributed by atoms with E-state index >= 15 is 0 Å². The number of phenolic OH excluding ortho intramolecular Hbond substituents is 2. The van der Waals surface area contributed by atoms with Gasteiger partial charge in [0.25, 0.3) is 0 Å². The summed E-state index contributed by atoms with van der Waals surface area (Å²) in [6.45, 7) is 17.4. The Labute approximate surface area is 154 Å². The SMILES string of the molecule is Cc1ccc(O)c(S(c2cc(C)ccc2O)(C(C)(C)C)C(C)(C)C)c1. The van der Waals surface area contributed by atoms with Gasteiger partial charge in [-0.1, -0.05) is 53.7 Å². The third-order valence-electron chi connectivity index (χ3n) is 4.73. The maximum absolute atomic E-state index is 10.9. The topological polar surface area (TPSA) is 40.5 Å². The van der Waals surface area contributed by atoms with E-state index in [1.165, 1.54) is 0 Å². The highest BCUT2D eigenvalue weighted by atomic mass is 32.3. The third kappa shape index (κ3) is 3.15. The molecular formula is C22H32O2S. The van der Waals surface area contributed by atoms with Gasteiger partial charge in [0.05, 0.1) is 0 Å². The molecule has 25 heavy (non-hydrogen) atoms. The monoisotopic (exact) mass is 360 g/mol. The molecule has 2 N–H and O–H groups in total. The van der Waals surface area contributed by atoms with Crippen LogP contribution in [0.15, 0.2) is 46.2 Å². The lowest BCUT2D eigenvalue weighted by Crippen LogP contribution is -2.38. The van der Waals surface area contributed by atoms with Crippen LogP contribution in [0.1, 0.15) is 52.7 Å². The van der Waals surface area contributed by atoms with Gasteiger partial charge in [-0.15, -0.1) is 0 Å². The summed E-state index contributed by atoms with van der Waals surface area (Å²) in [7, 11) is -1.79. The lowest BCUT2D eigenvalue weighted by molar-refractivity contribution is 0.455. The Morgan fingerprint density at radius 2 is 0.960 bits per heavy atom. The highest BCUT2D eigenvalue weighted by Crippen LogP contribution is 2.80. The fourth-order valence-corrected chi connectivity index (χ4v) is 10.3. The standard InChI is InChI=1S/C22H32O2S/c1-15-9-11-17(23)19(13-15)25(21(3,4)5,22(6,7)8)20-14-16(2)10-12-18(20)24/h9-14,23-24H,1-8H3. The zero-order valence-electron chi connectivity index (χ0n) is 16.8. The van der Waals surface area contributed by atoms with Crippen molar-refractivity contribution in [2.45, 2.75) is 74.7 Å². The molecular weight excluding hydrogens is 328 g/mol. The molecule has 0 unspecified atom stereocenters. The molecule has 0 spiro atoms. The smallest absolute Gasteiger partial charge is 0.128 e. The average Bonchev–Trinajstić information content (AvgIpc) is 2.44. The van der Waals surface area contributed by atoms with Crippen LogP contribution in [0.3, 0.4) is 0 Å². The molecule has 3 heteroatoms. The summed E-state index contributed by atoms with van der Waals surface area (Å²) in [5, 5.41) is 21.7. The van der Waals surface area contributed by atoms with E-state index in [4.69, 9.17) is 0 Å². The van der Waals surface area contributed by atoms with E-state index in [1.54, 1.807) is 12.1 Å². The first-order valence-electron chi connectivity index (χ1n) is 8.74. The summed E-state index contributed by atoms with van der Waals surface area (Å²) in [6, 6.07) is 11.6. The predicted molar refractivity (Wildman–Crippen MR) is 109 cm³/mol. The van der Waals surface area contributed by atoms with Gasteiger partial charge in [-0.25, -0.2) is 0 Å². The molecule has 2 rings (SSSR count). The van der Waals surface area contributed by atoms with E-state index in [-0.39, 0.29) is 9.49 Å². The first-order chi connectivity index (χ1) is 11.3. The molecule has 2 aromatic carbocycles. The van der Waals surface area contributed by atoms with Gasteiger partial charge in [-0.3, -0.25) is 0 Å². The number of hydrogen-bond donors (Lipinski definition) is 2. The molecule has 0 radical (unpaired) electrons. The number of rotatable bonds is 2. The summed E-state index contributed by atoms with van der Waals surface area (Å²) >= 11 is 0. The molecule has 0 aromatic heterocycles. The minimum absolute atomic E-state index is 0.165. The van der Waals surface area contributed by atoms with Crippen LogP contribution >= 0.6 is 10.0 Å². The van der Waals surface area contributed by atoms with Crippen molar-refractivity contribution in [3.05, 3.63) is 47.5 Å². The second kappa shape index (κ2) is 6.28. The van der Waals surface area contributed by atoms with Gasteiger partial charge in [0.2, 0.25) is 0 Å². The van der Waals surface area contributed by atoms with Crippen LogP contribution < -0.4 is 0 Å². The van der Waals surface area contributed by atoms with Gasteiger partial charge < -0.3 is 10.2 Å². The van der Waals surface area contributed by atoms with Gasteiger partial charge in [0, 0.05) is 19.3 Å². The number of hydrogen-bond acceptors (Lipinski definition) is 2. The Kier molecular flexibility index (Phi) is 4.95. The van der Waals surface area contributed by atoms with Gasteiger partial charge in [0.1, 0.15) is 11.5 Å². The summed E-state index contributed by atoms with van der Waals surface area (Å²) in [6.07, 6.45) is 0. The van der Waals surface area contributed by atoms with Crippen LogP contribution in [0, 0.1) is 13.8 Å². The van der Waals surface area contributed by atoms with Crippen molar-refractivity contribution in [3.63, 3.8) is 0 Å². The first-order valence-corrected chi connectivity index (χ1v) is 10.4. The summed E-state index contributed by atoms with van der Waals surface area (Å²) in [5.41, 5.74) is 2.23. The van der Waals surface area contributed by atoms with Crippen molar-refractivity contribution in [2.75, 3.05) is 0 Å². The zero-order chi connectivity index (χ0) is 19.2. The Morgan fingerprint density at radius 3 is 1.24 bits per heavy atom. The van der Waals surface area contributed by atoms with E-state index in [0.717, 1.165) is 20.9 Å². The van der Waals surface area contributed by atoms with Crippen LogP contribution in [0.25, 0.3) is 0 Å². The van der Waals surface area contributed by atoms with E-state index in [0.29, 0.717) is 11.5 Å². The number of aromatic hydroxyl groups is 2. The van der Waals surface area contributed by atoms with Crippen molar-refractivity contribution < 1.29 is 10.2 Å². The number of aryl methyl sites for hydroxylation is 2. The van der Waals surface area contributed by atoms with E-state index in [1.807, 2.05) is 12.1 Å². The quantitative estimate of drug-likeness (QED) is 0.639. The average molecular weight is 361 g/mol. The van der Waals surface area contributed by atoms with Crippen LogP contribution in [0.4, 0.5) is 0 Å². The van der Waals surface area contributed by atoms with Crippen LogP contribution in [-0.4, -0.2) is 19.7 Å². The zero-order valence-corrected chi connectivity index (χ0v) is 17.6. The second-order valence-corrected chi connectivity index (χ2v) is 13.3. The van der Waals surface area contributed by atoms with Crippen molar-refractivity contribution in [3.8, 4) is 11.5 Å². The van der Waals surface area contributed by atoms with Crippen LogP contribution in [-0.2, 0) is 0 Å². The normalized spacial score (nSPS) is 13.8. The van der Waals surface area contributed by atoms with Crippen molar-refractivity contribution in [1.29, 1.82) is 0 Å². The van der Waals surface area contributed by atoms with Crippen molar-refractivity contribution >= 4 is 10.0 Å². The fraction of sp³-hybridized carbons (Fsp3) is 0.455. The molecule has 0 saturated carbocycles. The maximum atomic E-state index is 10.9. The molecule has 0 bridgehead atoms. The van der Waals surface area contributed by atoms with Gasteiger partial charge in [0.15, 0.2) is 0 Å². The summed E-state index contributed by atoms with van der Waals surface area (Å²) in [4.78, 5) is 1.90. The fourth-order valence-electron chi connectivity index (χ4n) is 4.09. The Morgan fingerprint density at radius 1 is 0.640 bits per heavy atom. The van der Waals surface area contributed by atoms with E-state index < -0.39 is 10.0 Å². The predicted octanol–water partition coefficient (Wildman–Crippen LogP) is 6.53. The first kappa shape index (κ1) is 19.7. The van der Waals surface area contributed by atoms with Crippen molar-refractivity contribution in [2.24, 2.45) is 0 Å². The van der Waals surface area contributed by atoms with Crippen LogP contribution in [0.5, 0.6) is 11.5 Å². The van der Waals surface area contributed by atoms with E-state index in [2.05, 4.69) is 67.5 Å². The molecule has 0 saturated heterocycles. The van der Waals surface area contributed by atoms with E-state index in [9.17, 15) is 10.2 Å². The molecule has 0 amide bonds. The largest absolute Gasteiger partial charge is 0.507 e. The van der Waals surface area contributed by atoms with Gasteiger partial charge in [-0.2, -0.15) is 10.0 Å². The summed E-state index contributed by atoms with van der Waals surface area (Å²) in [5.74, 6) is 0.623. The molecule has 0 aliphatic rings. The number of benzene rings is 2. The Balaban J connectivity index is 3.08. The Hall–Kier alpha value is -1.61. The highest BCUT2D eigenvalue weighted by molar-refractivity contribution is 8.36. The third-order valence-corrected chi connectivity index (χ3v) is 10.4. The molecule has 0 aliphatic heterocycles. The molecule has 2 nitrogen and oxygen atoms in total. The molecule has 0 heterocycles. The summed E-state index contributed by atoms with van der Waals surface area (Å²) < 4.78 is -0.330. The van der Waals surface area contributed by atoms with Crippen molar-refractivity contribution in [1.82, 2.24) is 0 Å². The number of phenols is 2. The lowest BCUT2D eigenvalue weighted by Gasteiger charge is -2.59. The lowest BCUT2D eigenvalue weighted by atomic mass is 10.2. The molecule has 2 aromatic rings. The molecule has 0 fully saturated rings. The Bertz CT molecular complexity index is 712. The van der Waals surface area contributed by atoms with Gasteiger partial charge >= 0.3 is 0 Å². The minimum Gasteiger partial charge on any atom is -0.507 e. The maximum Gasteiger partial charge on any atom is 0.128 e. The molecule has 138 valence electrons. The molecule has 0 atom stereocenters. The minimum atomic E-state index is -1.79. The van der Waals surface area contributed by atoms with Gasteiger partial charge in [-0.05, 0) is 49.2 Å². The van der Waals surface area contributed by atoms with Crippen LogP contribution in [0.2, 0.25) is 0 Å². The second-order valence-electron chi connectivity index (χ2n) is 8.78. The highest BCUT2D eigenvalue weighted by Gasteiger charge is 2.50. The molecule has 0 aliphatic carbocycles.